The smallest absolute Gasteiger partial charge is 0.222 e. The third-order valence-corrected chi connectivity index (χ3v) is 3.73. The standard InChI is InChI=1S/C16H15N5O/c1-10(22)19-14-8-13-12(9-18-14)16(11-5-6-11)20-21(13)15-4-2-3-7-17-15/h2-4,7-9,11H,5-6H2,1H3,(H,18,19,22). The lowest BCUT2D eigenvalue weighted by molar-refractivity contribution is -0.114. The molecule has 3 heterocycles. The van der Waals surface area contributed by atoms with Gasteiger partial charge in [0.15, 0.2) is 5.82 Å². The fourth-order valence-electron chi connectivity index (χ4n) is 2.59. The molecule has 0 atom stereocenters. The molecule has 0 aromatic carbocycles. The summed E-state index contributed by atoms with van der Waals surface area (Å²) in [6.07, 6.45) is 5.87. The number of hydrogen-bond donors (Lipinski definition) is 1. The van der Waals surface area contributed by atoms with Crippen molar-refractivity contribution in [3.63, 3.8) is 0 Å². The van der Waals surface area contributed by atoms with Gasteiger partial charge in [-0.1, -0.05) is 6.07 Å². The van der Waals surface area contributed by atoms with Crippen LogP contribution in [-0.2, 0) is 4.79 Å². The summed E-state index contributed by atoms with van der Waals surface area (Å²) in [7, 11) is 0. The summed E-state index contributed by atoms with van der Waals surface area (Å²) in [6.45, 7) is 1.47. The van der Waals surface area contributed by atoms with Gasteiger partial charge in [0.2, 0.25) is 5.91 Å². The molecule has 0 radical (unpaired) electrons. The highest BCUT2D eigenvalue weighted by atomic mass is 16.1. The third-order valence-electron chi connectivity index (χ3n) is 3.73. The number of nitrogens with zero attached hydrogens (tertiary/aromatic N) is 4. The van der Waals surface area contributed by atoms with Crippen LogP contribution >= 0.6 is 0 Å². The van der Waals surface area contributed by atoms with Gasteiger partial charge in [-0.25, -0.2) is 14.6 Å². The highest BCUT2D eigenvalue weighted by Crippen LogP contribution is 2.42. The summed E-state index contributed by atoms with van der Waals surface area (Å²) >= 11 is 0. The lowest BCUT2D eigenvalue weighted by atomic mass is 10.2. The molecule has 4 rings (SSSR count). The Bertz CT molecular complexity index is 852. The Kier molecular flexibility index (Phi) is 2.89. The Morgan fingerprint density at radius 1 is 1.32 bits per heavy atom. The van der Waals surface area contributed by atoms with Crippen molar-refractivity contribution in [3.05, 3.63) is 42.4 Å². The molecule has 0 saturated heterocycles. The summed E-state index contributed by atoms with van der Waals surface area (Å²) < 4.78 is 1.83. The van der Waals surface area contributed by atoms with Crippen molar-refractivity contribution in [1.82, 2.24) is 19.7 Å². The van der Waals surface area contributed by atoms with E-state index in [-0.39, 0.29) is 5.91 Å². The maximum absolute atomic E-state index is 11.2. The Labute approximate surface area is 127 Å². The predicted octanol–water partition coefficient (Wildman–Crippen LogP) is 2.65. The first-order valence-electron chi connectivity index (χ1n) is 7.30. The van der Waals surface area contributed by atoms with Crippen molar-refractivity contribution >= 4 is 22.6 Å². The minimum absolute atomic E-state index is 0.141. The molecule has 3 aromatic heterocycles. The van der Waals surface area contributed by atoms with E-state index in [1.807, 2.05) is 28.9 Å². The van der Waals surface area contributed by atoms with E-state index >= 15 is 0 Å². The van der Waals surface area contributed by atoms with Crippen LogP contribution in [0.25, 0.3) is 16.7 Å². The van der Waals surface area contributed by atoms with E-state index in [4.69, 9.17) is 5.10 Å². The van der Waals surface area contributed by atoms with Crippen LogP contribution in [0.3, 0.4) is 0 Å². The van der Waals surface area contributed by atoms with Crippen molar-refractivity contribution < 1.29 is 4.79 Å². The molecule has 1 aliphatic rings. The first kappa shape index (κ1) is 12.9. The normalized spacial score (nSPS) is 14.2. The second-order valence-electron chi connectivity index (χ2n) is 5.53. The number of fused-ring (bicyclic) bond motifs is 1. The molecule has 1 aliphatic carbocycles. The van der Waals surface area contributed by atoms with Crippen molar-refractivity contribution in [2.75, 3.05) is 5.32 Å². The average molecular weight is 293 g/mol. The van der Waals surface area contributed by atoms with E-state index in [2.05, 4.69) is 15.3 Å². The number of carbonyl (C=O) groups is 1. The lowest BCUT2D eigenvalue weighted by Crippen LogP contribution is -2.07. The minimum Gasteiger partial charge on any atom is -0.311 e. The SMILES string of the molecule is CC(=O)Nc1cc2c(cn1)c(C1CC1)nn2-c1ccccn1. The summed E-state index contributed by atoms with van der Waals surface area (Å²) in [5.41, 5.74) is 1.99. The molecule has 1 amide bonds. The van der Waals surface area contributed by atoms with Crippen LogP contribution < -0.4 is 5.32 Å². The Hall–Kier alpha value is -2.76. The van der Waals surface area contributed by atoms with Crippen LogP contribution in [0.1, 0.15) is 31.4 Å². The molecule has 0 bridgehead atoms. The molecule has 0 spiro atoms. The van der Waals surface area contributed by atoms with Crippen molar-refractivity contribution in [3.8, 4) is 5.82 Å². The molecular formula is C16H15N5O. The highest BCUT2D eigenvalue weighted by molar-refractivity contribution is 5.91. The molecule has 0 unspecified atom stereocenters. The highest BCUT2D eigenvalue weighted by Gasteiger charge is 2.29. The zero-order valence-electron chi connectivity index (χ0n) is 12.2. The van der Waals surface area contributed by atoms with E-state index in [1.165, 1.54) is 19.8 Å². The van der Waals surface area contributed by atoms with E-state index in [0.29, 0.717) is 11.7 Å². The predicted molar refractivity (Wildman–Crippen MR) is 82.9 cm³/mol. The summed E-state index contributed by atoms with van der Waals surface area (Å²) in [4.78, 5) is 19.9. The number of anilines is 1. The van der Waals surface area contributed by atoms with E-state index in [9.17, 15) is 4.79 Å². The van der Waals surface area contributed by atoms with Crippen molar-refractivity contribution in [2.45, 2.75) is 25.7 Å². The molecule has 1 N–H and O–H groups in total. The van der Waals surface area contributed by atoms with Gasteiger partial charge < -0.3 is 5.32 Å². The summed E-state index contributed by atoms with van der Waals surface area (Å²) in [5.74, 6) is 1.66. The summed E-state index contributed by atoms with van der Waals surface area (Å²) in [6, 6.07) is 7.58. The van der Waals surface area contributed by atoms with Crippen LogP contribution in [0, 0.1) is 0 Å². The van der Waals surface area contributed by atoms with E-state index < -0.39 is 0 Å². The number of pyridine rings is 2. The number of hydrogen-bond acceptors (Lipinski definition) is 4. The van der Waals surface area contributed by atoms with Gasteiger partial charge in [0.05, 0.1) is 11.2 Å². The van der Waals surface area contributed by atoms with Crippen molar-refractivity contribution in [2.24, 2.45) is 0 Å². The van der Waals surface area contributed by atoms with Gasteiger partial charge in [0, 0.05) is 36.7 Å². The quantitative estimate of drug-likeness (QED) is 0.805. The first-order valence-corrected chi connectivity index (χ1v) is 7.30. The number of nitrogens with one attached hydrogen (secondary N) is 1. The minimum atomic E-state index is -0.141. The van der Waals surface area contributed by atoms with Gasteiger partial charge in [0.25, 0.3) is 0 Å². The fourth-order valence-corrected chi connectivity index (χ4v) is 2.59. The Morgan fingerprint density at radius 2 is 2.18 bits per heavy atom. The summed E-state index contributed by atoms with van der Waals surface area (Å²) in [5, 5.41) is 8.49. The van der Waals surface area contributed by atoms with Gasteiger partial charge >= 0.3 is 0 Å². The van der Waals surface area contributed by atoms with Crippen molar-refractivity contribution in [1.29, 1.82) is 0 Å². The largest absolute Gasteiger partial charge is 0.311 e. The van der Waals surface area contributed by atoms with Crippen LogP contribution in [0.4, 0.5) is 5.82 Å². The van der Waals surface area contributed by atoms with Crippen LogP contribution in [-0.4, -0.2) is 25.7 Å². The molecule has 1 fully saturated rings. The lowest BCUT2D eigenvalue weighted by Gasteiger charge is -2.04. The molecule has 6 heteroatoms. The number of carbonyl (C=O) groups excluding carboxylic acids is 1. The molecule has 22 heavy (non-hydrogen) atoms. The zero-order valence-corrected chi connectivity index (χ0v) is 12.2. The first-order chi connectivity index (χ1) is 10.7. The monoisotopic (exact) mass is 293 g/mol. The van der Waals surface area contributed by atoms with Crippen LogP contribution in [0.15, 0.2) is 36.7 Å². The maximum Gasteiger partial charge on any atom is 0.222 e. The topological polar surface area (TPSA) is 72.7 Å². The van der Waals surface area contributed by atoms with Crippen LogP contribution in [0.5, 0.6) is 0 Å². The molecule has 110 valence electrons. The van der Waals surface area contributed by atoms with Gasteiger partial charge in [-0.15, -0.1) is 0 Å². The van der Waals surface area contributed by atoms with Crippen LogP contribution in [0.2, 0.25) is 0 Å². The second kappa shape index (κ2) is 4.91. The maximum atomic E-state index is 11.2. The van der Waals surface area contributed by atoms with Gasteiger partial charge in [0.1, 0.15) is 5.82 Å². The molecule has 3 aromatic rings. The number of aromatic nitrogens is 4. The molecular weight excluding hydrogens is 278 g/mol. The van der Waals surface area contributed by atoms with Gasteiger partial charge in [-0.05, 0) is 25.0 Å². The Morgan fingerprint density at radius 3 is 2.86 bits per heavy atom. The van der Waals surface area contributed by atoms with E-state index in [0.717, 1.165) is 22.4 Å². The number of rotatable bonds is 3. The van der Waals surface area contributed by atoms with E-state index in [1.54, 1.807) is 12.4 Å². The second-order valence-corrected chi connectivity index (χ2v) is 5.53. The zero-order chi connectivity index (χ0) is 15.1. The molecule has 6 nitrogen and oxygen atoms in total. The Balaban J connectivity index is 1.92. The molecule has 0 aliphatic heterocycles. The van der Waals surface area contributed by atoms with Gasteiger partial charge in [-0.2, -0.15) is 5.10 Å². The fraction of sp³-hybridized carbons (Fsp3) is 0.250. The van der Waals surface area contributed by atoms with Gasteiger partial charge in [-0.3, -0.25) is 4.79 Å². The average Bonchev–Trinajstić information content (AvgIpc) is 3.29. The number of amides is 1. The third kappa shape index (κ3) is 2.22. The molecule has 1 saturated carbocycles.